The second-order valence-corrected chi connectivity index (χ2v) is 3.41. The molecule has 0 aliphatic carbocycles. The van der Waals surface area contributed by atoms with Crippen molar-refractivity contribution in [3.8, 4) is 0 Å². The van der Waals surface area contributed by atoms with Crippen LogP contribution in [0.15, 0.2) is 0 Å². The van der Waals surface area contributed by atoms with Gasteiger partial charge in [-0.15, -0.1) is 0 Å². The van der Waals surface area contributed by atoms with E-state index in [1.54, 1.807) is 0 Å². The molecule has 0 heterocycles. The van der Waals surface area contributed by atoms with Crippen LogP contribution in [0.1, 0.15) is 26.2 Å². The van der Waals surface area contributed by atoms with Crippen molar-refractivity contribution < 1.29 is 14.7 Å². The standard InChI is InChI=1S/C9H19N3O3/c1-2-3-4-6(10)9(15)12-5-7(13)8(11)14/h6-7,13H,2-5,10H2,1H3,(H2,11,14)(H,12,15). The minimum atomic E-state index is -1.35. The number of aliphatic hydroxyl groups excluding tert-OH is 1. The maximum atomic E-state index is 11.3. The lowest BCUT2D eigenvalue weighted by atomic mass is 10.1. The van der Waals surface area contributed by atoms with Crippen molar-refractivity contribution in [3.63, 3.8) is 0 Å². The Bertz CT molecular complexity index is 221. The first-order valence-electron chi connectivity index (χ1n) is 4.99. The Morgan fingerprint density at radius 3 is 2.53 bits per heavy atom. The fourth-order valence-corrected chi connectivity index (χ4v) is 0.984. The number of aliphatic hydroxyl groups is 1. The number of primary amides is 1. The summed E-state index contributed by atoms with van der Waals surface area (Å²) in [5, 5.41) is 11.4. The van der Waals surface area contributed by atoms with Gasteiger partial charge in [0.05, 0.1) is 12.6 Å². The zero-order valence-electron chi connectivity index (χ0n) is 8.90. The zero-order valence-corrected chi connectivity index (χ0v) is 8.90. The third kappa shape index (κ3) is 6.03. The van der Waals surface area contributed by atoms with E-state index in [0.717, 1.165) is 12.8 Å². The monoisotopic (exact) mass is 217 g/mol. The molecular weight excluding hydrogens is 198 g/mol. The van der Waals surface area contributed by atoms with Crippen molar-refractivity contribution in [2.24, 2.45) is 11.5 Å². The van der Waals surface area contributed by atoms with Gasteiger partial charge >= 0.3 is 0 Å². The lowest BCUT2D eigenvalue weighted by Gasteiger charge is -2.13. The highest BCUT2D eigenvalue weighted by atomic mass is 16.3. The number of unbranched alkanes of at least 4 members (excludes halogenated alkanes) is 1. The quantitative estimate of drug-likeness (QED) is 0.413. The van der Waals surface area contributed by atoms with Gasteiger partial charge in [-0.25, -0.2) is 0 Å². The Kier molecular flexibility index (Phi) is 6.64. The molecule has 0 aromatic carbocycles. The molecule has 88 valence electrons. The molecule has 2 amide bonds. The van der Waals surface area contributed by atoms with E-state index in [1.165, 1.54) is 0 Å². The Balaban J connectivity index is 3.77. The molecule has 0 radical (unpaired) electrons. The smallest absolute Gasteiger partial charge is 0.248 e. The van der Waals surface area contributed by atoms with Gasteiger partial charge in [0.2, 0.25) is 11.8 Å². The lowest BCUT2D eigenvalue weighted by molar-refractivity contribution is -0.127. The summed E-state index contributed by atoms with van der Waals surface area (Å²) in [5.74, 6) is -1.24. The van der Waals surface area contributed by atoms with Gasteiger partial charge in [-0.1, -0.05) is 19.8 Å². The van der Waals surface area contributed by atoms with Gasteiger partial charge in [0, 0.05) is 0 Å². The van der Waals surface area contributed by atoms with E-state index in [-0.39, 0.29) is 12.5 Å². The van der Waals surface area contributed by atoms with Crippen molar-refractivity contribution in [2.45, 2.75) is 38.3 Å². The van der Waals surface area contributed by atoms with E-state index >= 15 is 0 Å². The largest absolute Gasteiger partial charge is 0.381 e. The molecule has 0 aliphatic heterocycles. The van der Waals surface area contributed by atoms with Crippen LogP contribution in [-0.2, 0) is 9.59 Å². The molecule has 0 bridgehead atoms. The third-order valence-electron chi connectivity index (χ3n) is 2.00. The van der Waals surface area contributed by atoms with Crippen LogP contribution >= 0.6 is 0 Å². The fourth-order valence-electron chi connectivity index (χ4n) is 0.984. The molecule has 6 nitrogen and oxygen atoms in total. The molecule has 6 heteroatoms. The van der Waals surface area contributed by atoms with Gasteiger partial charge in [0.25, 0.3) is 0 Å². The van der Waals surface area contributed by atoms with Crippen LogP contribution in [-0.4, -0.2) is 35.6 Å². The molecule has 0 aromatic heterocycles. The SMILES string of the molecule is CCCCC(N)C(=O)NCC(O)C(N)=O. The summed E-state index contributed by atoms with van der Waals surface area (Å²) in [6.07, 6.45) is 1.07. The van der Waals surface area contributed by atoms with Crippen LogP contribution in [0.2, 0.25) is 0 Å². The number of amides is 2. The number of carbonyl (C=O) groups is 2. The Morgan fingerprint density at radius 1 is 1.47 bits per heavy atom. The molecule has 15 heavy (non-hydrogen) atoms. The fraction of sp³-hybridized carbons (Fsp3) is 0.778. The first-order valence-corrected chi connectivity index (χ1v) is 4.99. The van der Waals surface area contributed by atoms with Crippen LogP contribution in [0, 0.1) is 0 Å². The first kappa shape index (κ1) is 13.9. The molecule has 0 fully saturated rings. The van der Waals surface area contributed by atoms with Crippen molar-refractivity contribution in [1.82, 2.24) is 5.32 Å². The summed E-state index contributed by atoms with van der Waals surface area (Å²) < 4.78 is 0. The van der Waals surface area contributed by atoms with Crippen LogP contribution in [0.3, 0.4) is 0 Å². The highest BCUT2D eigenvalue weighted by molar-refractivity contribution is 5.83. The van der Waals surface area contributed by atoms with E-state index in [4.69, 9.17) is 16.6 Å². The maximum absolute atomic E-state index is 11.3. The lowest BCUT2D eigenvalue weighted by Crippen LogP contribution is -2.46. The van der Waals surface area contributed by atoms with Crippen LogP contribution in [0.25, 0.3) is 0 Å². The second kappa shape index (κ2) is 7.19. The van der Waals surface area contributed by atoms with E-state index < -0.39 is 18.1 Å². The Morgan fingerprint density at radius 2 is 2.07 bits per heavy atom. The highest BCUT2D eigenvalue weighted by Gasteiger charge is 2.16. The van der Waals surface area contributed by atoms with Crippen molar-refractivity contribution in [1.29, 1.82) is 0 Å². The van der Waals surface area contributed by atoms with E-state index in [0.29, 0.717) is 6.42 Å². The molecule has 0 spiro atoms. The van der Waals surface area contributed by atoms with Gasteiger partial charge in [0.15, 0.2) is 0 Å². The first-order chi connectivity index (χ1) is 6.99. The van der Waals surface area contributed by atoms with Gasteiger partial charge < -0.3 is 21.9 Å². The van der Waals surface area contributed by atoms with Gasteiger partial charge in [-0.2, -0.15) is 0 Å². The average molecular weight is 217 g/mol. The minimum Gasteiger partial charge on any atom is -0.381 e. The summed E-state index contributed by atoms with van der Waals surface area (Å²) in [5.41, 5.74) is 10.4. The molecule has 0 aliphatic rings. The predicted molar refractivity (Wildman–Crippen MR) is 55.7 cm³/mol. The molecular formula is C9H19N3O3. The molecule has 0 rings (SSSR count). The van der Waals surface area contributed by atoms with E-state index in [1.807, 2.05) is 6.92 Å². The Labute approximate surface area is 89.0 Å². The number of nitrogens with two attached hydrogens (primary N) is 2. The number of carbonyl (C=O) groups excluding carboxylic acids is 2. The Hall–Kier alpha value is -1.14. The number of hydrogen-bond donors (Lipinski definition) is 4. The molecule has 6 N–H and O–H groups in total. The molecule has 0 aromatic rings. The maximum Gasteiger partial charge on any atom is 0.248 e. The molecule has 0 saturated carbocycles. The normalized spacial score (nSPS) is 14.3. The highest BCUT2D eigenvalue weighted by Crippen LogP contribution is 1.97. The topological polar surface area (TPSA) is 118 Å². The summed E-state index contributed by atoms with van der Waals surface area (Å²) in [4.78, 5) is 21.7. The van der Waals surface area contributed by atoms with Gasteiger partial charge in [-0.3, -0.25) is 9.59 Å². The van der Waals surface area contributed by atoms with Crippen molar-refractivity contribution in [3.05, 3.63) is 0 Å². The van der Waals surface area contributed by atoms with Crippen molar-refractivity contribution >= 4 is 11.8 Å². The second-order valence-electron chi connectivity index (χ2n) is 3.41. The van der Waals surface area contributed by atoms with Gasteiger partial charge in [-0.05, 0) is 6.42 Å². The van der Waals surface area contributed by atoms with E-state index in [2.05, 4.69) is 5.32 Å². The van der Waals surface area contributed by atoms with Crippen LogP contribution in [0.4, 0.5) is 0 Å². The summed E-state index contributed by atoms with van der Waals surface area (Å²) >= 11 is 0. The summed E-state index contributed by atoms with van der Waals surface area (Å²) in [6.45, 7) is 1.81. The zero-order chi connectivity index (χ0) is 11.8. The summed E-state index contributed by atoms with van der Waals surface area (Å²) in [6, 6.07) is -0.593. The van der Waals surface area contributed by atoms with Crippen molar-refractivity contribution in [2.75, 3.05) is 6.54 Å². The van der Waals surface area contributed by atoms with Crippen LogP contribution in [0.5, 0.6) is 0 Å². The number of hydrogen-bond acceptors (Lipinski definition) is 4. The molecule has 2 atom stereocenters. The number of nitrogens with one attached hydrogen (secondary N) is 1. The third-order valence-corrected chi connectivity index (χ3v) is 2.00. The summed E-state index contributed by atoms with van der Waals surface area (Å²) in [7, 11) is 0. The van der Waals surface area contributed by atoms with Gasteiger partial charge in [0.1, 0.15) is 6.10 Å². The average Bonchev–Trinajstić information content (AvgIpc) is 2.21. The number of rotatable bonds is 7. The predicted octanol–water partition coefficient (Wildman–Crippen LogP) is -1.53. The minimum absolute atomic E-state index is 0.187. The van der Waals surface area contributed by atoms with Crippen LogP contribution < -0.4 is 16.8 Å². The molecule has 2 unspecified atom stereocenters. The van der Waals surface area contributed by atoms with E-state index in [9.17, 15) is 9.59 Å². The molecule has 0 saturated heterocycles.